The smallest absolute Gasteiger partial charge is 0.330 e. The SMILES string of the molecule is C=CC(=O)Nc1ccccc1Nc1ncc2c(n1)N(C)C(=O)N(c1cc(OC)cc(OC)c1)C2. The van der Waals surface area contributed by atoms with Gasteiger partial charge in [-0.2, -0.15) is 4.98 Å². The third-order valence-electron chi connectivity index (χ3n) is 5.27. The topological polar surface area (TPSA) is 109 Å². The summed E-state index contributed by atoms with van der Waals surface area (Å²) in [5.41, 5.74) is 2.55. The summed E-state index contributed by atoms with van der Waals surface area (Å²) in [7, 11) is 4.77. The molecule has 0 bridgehead atoms. The second-order valence-corrected chi connectivity index (χ2v) is 7.41. The van der Waals surface area contributed by atoms with E-state index >= 15 is 0 Å². The van der Waals surface area contributed by atoms with Gasteiger partial charge in [-0.15, -0.1) is 0 Å². The van der Waals surface area contributed by atoms with Crippen LogP contribution in [0.1, 0.15) is 5.56 Å². The Bertz CT molecular complexity index is 1240. The predicted molar refractivity (Wildman–Crippen MR) is 130 cm³/mol. The largest absolute Gasteiger partial charge is 0.497 e. The number of carbonyl (C=O) groups is 2. The molecule has 2 aromatic carbocycles. The monoisotopic (exact) mass is 460 g/mol. The zero-order chi connectivity index (χ0) is 24.2. The number of anilines is 5. The lowest BCUT2D eigenvalue weighted by Gasteiger charge is -2.34. The highest BCUT2D eigenvalue weighted by molar-refractivity contribution is 6.05. The molecule has 3 aromatic rings. The van der Waals surface area contributed by atoms with Crippen LogP contribution in [0.15, 0.2) is 61.3 Å². The minimum absolute atomic E-state index is 0.258. The third-order valence-corrected chi connectivity index (χ3v) is 5.27. The normalized spacial score (nSPS) is 12.6. The van der Waals surface area contributed by atoms with Crippen LogP contribution in [0.5, 0.6) is 11.5 Å². The molecule has 0 saturated heterocycles. The van der Waals surface area contributed by atoms with E-state index in [1.807, 2.05) is 6.07 Å². The fourth-order valence-electron chi connectivity index (χ4n) is 3.52. The van der Waals surface area contributed by atoms with Gasteiger partial charge >= 0.3 is 6.03 Å². The number of hydrogen-bond donors (Lipinski definition) is 2. The second-order valence-electron chi connectivity index (χ2n) is 7.41. The van der Waals surface area contributed by atoms with Crippen LogP contribution in [-0.4, -0.2) is 43.2 Å². The summed E-state index contributed by atoms with van der Waals surface area (Å²) in [5, 5.41) is 5.84. The van der Waals surface area contributed by atoms with Crippen molar-refractivity contribution in [3.63, 3.8) is 0 Å². The van der Waals surface area contributed by atoms with Crippen molar-refractivity contribution in [2.75, 3.05) is 41.7 Å². The van der Waals surface area contributed by atoms with Gasteiger partial charge in [0.1, 0.15) is 17.3 Å². The quantitative estimate of drug-likeness (QED) is 0.514. The molecule has 10 heteroatoms. The van der Waals surface area contributed by atoms with E-state index in [-0.39, 0.29) is 24.4 Å². The second kappa shape index (κ2) is 9.49. The molecule has 0 fully saturated rings. The number of carbonyl (C=O) groups excluding carboxylic acids is 2. The molecule has 4 rings (SSSR count). The fourth-order valence-corrected chi connectivity index (χ4v) is 3.52. The molecule has 2 heterocycles. The van der Waals surface area contributed by atoms with Gasteiger partial charge in [-0.05, 0) is 18.2 Å². The van der Waals surface area contributed by atoms with Gasteiger partial charge in [0.15, 0.2) is 0 Å². The molecule has 0 unspecified atom stereocenters. The van der Waals surface area contributed by atoms with Gasteiger partial charge < -0.3 is 20.1 Å². The highest BCUT2D eigenvalue weighted by atomic mass is 16.5. The molecule has 0 radical (unpaired) electrons. The summed E-state index contributed by atoms with van der Waals surface area (Å²) in [6.07, 6.45) is 2.86. The number of para-hydroxylation sites is 2. The first kappa shape index (κ1) is 22.6. The molecule has 0 spiro atoms. The number of urea groups is 1. The Morgan fingerprint density at radius 1 is 1.12 bits per heavy atom. The molecule has 0 atom stereocenters. The van der Waals surface area contributed by atoms with Crippen molar-refractivity contribution in [2.24, 2.45) is 0 Å². The lowest BCUT2D eigenvalue weighted by Crippen LogP contribution is -2.46. The van der Waals surface area contributed by atoms with Crippen LogP contribution in [0.4, 0.5) is 33.6 Å². The molecular weight excluding hydrogens is 436 g/mol. The highest BCUT2D eigenvalue weighted by Crippen LogP contribution is 2.34. The van der Waals surface area contributed by atoms with Crippen LogP contribution in [0.25, 0.3) is 0 Å². The number of nitrogens with one attached hydrogen (secondary N) is 2. The molecule has 10 nitrogen and oxygen atoms in total. The Hall–Kier alpha value is -4.60. The van der Waals surface area contributed by atoms with Crippen molar-refractivity contribution in [3.8, 4) is 11.5 Å². The summed E-state index contributed by atoms with van der Waals surface area (Å²) in [6.45, 7) is 3.75. The van der Waals surface area contributed by atoms with E-state index in [0.29, 0.717) is 34.4 Å². The molecule has 34 heavy (non-hydrogen) atoms. The first-order chi connectivity index (χ1) is 16.4. The van der Waals surface area contributed by atoms with Gasteiger partial charge in [-0.1, -0.05) is 18.7 Å². The van der Waals surface area contributed by atoms with E-state index in [9.17, 15) is 9.59 Å². The number of ether oxygens (including phenoxy) is 2. The number of aromatic nitrogens is 2. The van der Waals surface area contributed by atoms with Crippen molar-refractivity contribution < 1.29 is 19.1 Å². The first-order valence-electron chi connectivity index (χ1n) is 10.4. The summed E-state index contributed by atoms with van der Waals surface area (Å²) < 4.78 is 10.7. The maximum Gasteiger partial charge on any atom is 0.330 e. The first-order valence-corrected chi connectivity index (χ1v) is 10.4. The van der Waals surface area contributed by atoms with E-state index in [2.05, 4.69) is 27.2 Å². The van der Waals surface area contributed by atoms with Gasteiger partial charge in [0, 0.05) is 37.0 Å². The molecule has 0 aliphatic carbocycles. The number of rotatable bonds is 7. The zero-order valence-corrected chi connectivity index (χ0v) is 19.0. The molecule has 174 valence electrons. The maximum absolute atomic E-state index is 13.2. The predicted octanol–water partition coefficient (Wildman–Crippen LogP) is 3.94. The number of hydrogen-bond acceptors (Lipinski definition) is 7. The van der Waals surface area contributed by atoms with Crippen LogP contribution in [0.2, 0.25) is 0 Å². The molecule has 2 N–H and O–H groups in total. The lowest BCUT2D eigenvalue weighted by molar-refractivity contribution is -0.111. The van der Waals surface area contributed by atoms with Crippen LogP contribution in [0.3, 0.4) is 0 Å². The molecule has 1 aliphatic rings. The van der Waals surface area contributed by atoms with E-state index in [0.717, 1.165) is 5.56 Å². The average molecular weight is 460 g/mol. The number of methoxy groups -OCH3 is 2. The molecule has 1 aliphatic heterocycles. The minimum Gasteiger partial charge on any atom is -0.497 e. The number of fused-ring (bicyclic) bond motifs is 1. The maximum atomic E-state index is 13.2. The highest BCUT2D eigenvalue weighted by Gasteiger charge is 2.31. The van der Waals surface area contributed by atoms with E-state index in [4.69, 9.17) is 9.47 Å². The summed E-state index contributed by atoms with van der Waals surface area (Å²) in [4.78, 5) is 37.0. The zero-order valence-electron chi connectivity index (χ0n) is 19.0. The lowest BCUT2D eigenvalue weighted by atomic mass is 10.2. The average Bonchev–Trinajstić information content (AvgIpc) is 2.87. The van der Waals surface area contributed by atoms with Crippen molar-refractivity contribution >= 4 is 40.8 Å². The van der Waals surface area contributed by atoms with E-state index in [1.165, 1.54) is 11.0 Å². The Kier molecular flexibility index (Phi) is 6.30. The van der Waals surface area contributed by atoms with Crippen molar-refractivity contribution in [1.82, 2.24) is 9.97 Å². The number of amides is 3. The van der Waals surface area contributed by atoms with Gasteiger partial charge in [0.2, 0.25) is 11.9 Å². The van der Waals surface area contributed by atoms with Crippen LogP contribution in [-0.2, 0) is 11.3 Å². The minimum atomic E-state index is -0.333. The Balaban J connectivity index is 1.62. The Labute approximate surface area is 196 Å². The molecule has 3 amide bonds. The third kappa shape index (κ3) is 4.46. The van der Waals surface area contributed by atoms with Crippen LogP contribution >= 0.6 is 0 Å². The summed E-state index contributed by atoms with van der Waals surface area (Å²) in [6, 6.07) is 12.2. The fraction of sp³-hybridized carbons (Fsp3) is 0.167. The van der Waals surface area contributed by atoms with Gasteiger partial charge in [0.25, 0.3) is 0 Å². The van der Waals surface area contributed by atoms with Gasteiger partial charge in [0.05, 0.1) is 37.8 Å². The molecule has 0 saturated carbocycles. The van der Waals surface area contributed by atoms with E-state index in [1.54, 1.807) is 68.8 Å². The Morgan fingerprint density at radius 3 is 2.44 bits per heavy atom. The Morgan fingerprint density at radius 2 is 1.79 bits per heavy atom. The van der Waals surface area contributed by atoms with E-state index < -0.39 is 0 Å². The number of nitrogens with zero attached hydrogens (tertiary/aromatic N) is 4. The van der Waals surface area contributed by atoms with Crippen molar-refractivity contribution in [3.05, 3.63) is 66.9 Å². The van der Waals surface area contributed by atoms with Crippen molar-refractivity contribution in [1.29, 1.82) is 0 Å². The van der Waals surface area contributed by atoms with Crippen molar-refractivity contribution in [2.45, 2.75) is 6.54 Å². The van der Waals surface area contributed by atoms with Crippen LogP contribution in [0, 0.1) is 0 Å². The standard InChI is InChI=1S/C24H24N6O4/c1-5-21(31)26-19-8-6-7-9-20(19)27-23-25-13-15-14-30(24(32)29(2)22(15)28-23)16-10-17(33-3)12-18(11-16)34-4/h5-13H,1,14H2,2-4H3,(H,26,31)(H,25,27,28). The molecule has 1 aromatic heterocycles. The van der Waals surface area contributed by atoms with Crippen LogP contribution < -0.4 is 29.9 Å². The van der Waals surface area contributed by atoms with Gasteiger partial charge in [-0.3, -0.25) is 14.6 Å². The summed E-state index contributed by atoms with van der Waals surface area (Å²) in [5.74, 6) is 1.60. The molecular formula is C24H24N6O4. The summed E-state index contributed by atoms with van der Waals surface area (Å²) >= 11 is 0. The number of benzene rings is 2. The van der Waals surface area contributed by atoms with Gasteiger partial charge in [-0.25, -0.2) is 9.78 Å².